The number of halogens is 1. The largest absolute Gasteiger partial charge is 0.345 e. The van der Waals surface area contributed by atoms with Gasteiger partial charge in [0.05, 0.1) is 0 Å². The first-order chi connectivity index (χ1) is 8.60. The molecule has 0 unspecified atom stereocenters. The van der Waals surface area contributed by atoms with Crippen molar-refractivity contribution in [2.24, 2.45) is 0 Å². The molecule has 94 valence electrons. The highest BCUT2D eigenvalue weighted by Gasteiger charge is 2.05. The minimum Gasteiger partial charge on any atom is -0.345 e. The van der Waals surface area contributed by atoms with Crippen LogP contribution in [0, 0.1) is 13.8 Å². The lowest BCUT2D eigenvalue weighted by atomic mass is 10.1. The van der Waals surface area contributed by atoms with Crippen molar-refractivity contribution in [3.63, 3.8) is 0 Å². The maximum absolute atomic E-state index is 5.80. The van der Waals surface area contributed by atoms with E-state index in [1.54, 1.807) is 0 Å². The summed E-state index contributed by atoms with van der Waals surface area (Å²) in [5, 5.41) is 0. The average molecular weight is 260 g/mol. The summed E-state index contributed by atoms with van der Waals surface area (Å²) >= 11 is 5.80. The predicted molar refractivity (Wildman–Crippen MR) is 80.0 cm³/mol. The highest BCUT2D eigenvalue weighted by Crippen LogP contribution is 2.26. The van der Waals surface area contributed by atoms with Crippen LogP contribution in [0.2, 0.25) is 0 Å². The van der Waals surface area contributed by atoms with Gasteiger partial charge in [-0.25, -0.2) is 0 Å². The minimum atomic E-state index is 0.563. The van der Waals surface area contributed by atoms with E-state index in [0.717, 1.165) is 5.56 Å². The molecule has 2 rings (SSSR count). The van der Waals surface area contributed by atoms with Gasteiger partial charge >= 0.3 is 0 Å². The van der Waals surface area contributed by atoms with Crippen LogP contribution < -0.4 is 4.90 Å². The first-order valence-electron chi connectivity index (χ1n) is 6.07. The van der Waals surface area contributed by atoms with Gasteiger partial charge in [-0.05, 0) is 54.8 Å². The van der Waals surface area contributed by atoms with Crippen LogP contribution >= 0.6 is 11.6 Å². The van der Waals surface area contributed by atoms with E-state index in [0.29, 0.717) is 5.88 Å². The maximum Gasteiger partial charge on any atom is 0.0474 e. The van der Waals surface area contributed by atoms with Crippen molar-refractivity contribution in [1.29, 1.82) is 0 Å². The van der Waals surface area contributed by atoms with E-state index in [-0.39, 0.29) is 0 Å². The Bertz CT molecular complexity index is 511. The van der Waals surface area contributed by atoms with Crippen LogP contribution in [-0.2, 0) is 5.88 Å². The van der Waals surface area contributed by atoms with Crippen molar-refractivity contribution in [2.75, 3.05) is 11.9 Å². The molecule has 0 radical (unpaired) electrons. The van der Waals surface area contributed by atoms with E-state index in [9.17, 15) is 0 Å². The zero-order valence-electron chi connectivity index (χ0n) is 11.1. The molecule has 1 nitrogen and oxygen atoms in total. The normalized spacial score (nSPS) is 10.4. The molecule has 0 N–H and O–H groups in total. The monoisotopic (exact) mass is 259 g/mol. The fraction of sp³-hybridized carbons (Fsp3) is 0.250. The predicted octanol–water partition coefficient (Wildman–Crippen LogP) is 4.81. The van der Waals surface area contributed by atoms with Crippen LogP contribution in [0.25, 0.3) is 0 Å². The molecule has 0 bridgehead atoms. The lowest BCUT2D eigenvalue weighted by molar-refractivity contribution is 1.19. The molecular formula is C16H18ClN. The Kier molecular flexibility index (Phi) is 3.93. The Morgan fingerprint density at radius 3 is 1.94 bits per heavy atom. The Balaban J connectivity index is 2.31. The third-order valence-electron chi connectivity index (χ3n) is 3.07. The van der Waals surface area contributed by atoms with Gasteiger partial charge in [0.15, 0.2) is 0 Å². The Hall–Kier alpha value is -1.47. The zero-order valence-corrected chi connectivity index (χ0v) is 11.8. The van der Waals surface area contributed by atoms with E-state index in [4.69, 9.17) is 11.6 Å². The van der Waals surface area contributed by atoms with Crippen LogP contribution in [0.1, 0.15) is 16.7 Å². The van der Waals surface area contributed by atoms with Crippen molar-refractivity contribution < 1.29 is 0 Å². The fourth-order valence-electron chi connectivity index (χ4n) is 2.10. The molecule has 2 aromatic carbocycles. The molecule has 0 aromatic heterocycles. The molecule has 0 saturated heterocycles. The van der Waals surface area contributed by atoms with E-state index < -0.39 is 0 Å². The highest BCUT2D eigenvalue weighted by molar-refractivity contribution is 6.17. The van der Waals surface area contributed by atoms with Crippen molar-refractivity contribution in [3.8, 4) is 0 Å². The lowest BCUT2D eigenvalue weighted by Crippen LogP contribution is -2.09. The van der Waals surface area contributed by atoms with E-state index in [1.807, 2.05) is 0 Å². The second-order valence-corrected chi connectivity index (χ2v) is 4.97. The topological polar surface area (TPSA) is 3.24 Å². The molecule has 0 atom stereocenters. The summed E-state index contributed by atoms with van der Waals surface area (Å²) < 4.78 is 0. The summed E-state index contributed by atoms with van der Waals surface area (Å²) in [6.07, 6.45) is 0. The highest BCUT2D eigenvalue weighted by atomic mass is 35.5. The van der Waals surface area contributed by atoms with Gasteiger partial charge in [-0.3, -0.25) is 0 Å². The number of nitrogens with zero attached hydrogens (tertiary/aromatic N) is 1. The molecule has 0 heterocycles. The number of anilines is 2. The third kappa shape index (κ3) is 2.85. The second-order valence-electron chi connectivity index (χ2n) is 4.71. The van der Waals surface area contributed by atoms with Crippen LogP contribution in [0.15, 0.2) is 42.5 Å². The molecule has 2 aromatic rings. The molecule has 0 fully saturated rings. The summed E-state index contributed by atoms with van der Waals surface area (Å²) in [6, 6.07) is 14.9. The van der Waals surface area contributed by atoms with Gasteiger partial charge in [0.2, 0.25) is 0 Å². The maximum atomic E-state index is 5.80. The molecular weight excluding hydrogens is 242 g/mol. The van der Waals surface area contributed by atoms with E-state index >= 15 is 0 Å². The number of aryl methyl sites for hydroxylation is 2. The number of alkyl halides is 1. The van der Waals surface area contributed by atoms with Crippen molar-refractivity contribution >= 4 is 23.0 Å². The smallest absolute Gasteiger partial charge is 0.0474 e. The van der Waals surface area contributed by atoms with Gasteiger partial charge < -0.3 is 4.90 Å². The Morgan fingerprint density at radius 1 is 0.889 bits per heavy atom. The zero-order chi connectivity index (χ0) is 13.1. The quantitative estimate of drug-likeness (QED) is 0.715. The summed E-state index contributed by atoms with van der Waals surface area (Å²) in [7, 11) is 2.09. The van der Waals surface area contributed by atoms with E-state index in [2.05, 4.69) is 68.3 Å². The molecule has 0 amide bonds. The third-order valence-corrected chi connectivity index (χ3v) is 3.38. The SMILES string of the molecule is Cc1cc(C)cc(N(C)c2ccc(CCl)cc2)c1. The van der Waals surface area contributed by atoms with Crippen molar-refractivity contribution in [1.82, 2.24) is 0 Å². The van der Waals surface area contributed by atoms with Gasteiger partial charge in [-0.2, -0.15) is 0 Å². The summed E-state index contributed by atoms with van der Waals surface area (Å²) in [5.74, 6) is 0.563. The van der Waals surface area contributed by atoms with Crippen molar-refractivity contribution in [3.05, 3.63) is 59.2 Å². The molecule has 2 heteroatoms. The number of benzene rings is 2. The number of hydrogen-bond acceptors (Lipinski definition) is 1. The van der Waals surface area contributed by atoms with Gasteiger partial charge in [-0.15, -0.1) is 11.6 Å². The number of rotatable bonds is 3. The second kappa shape index (κ2) is 5.45. The lowest BCUT2D eigenvalue weighted by Gasteiger charge is -2.21. The van der Waals surface area contributed by atoms with Gasteiger partial charge in [-0.1, -0.05) is 18.2 Å². The standard InChI is InChI=1S/C16H18ClN/c1-12-8-13(2)10-16(9-12)18(3)15-6-4-14(11-17)5-7-15/h4-10H,11H2,1-3H3. The van der Waals surface area contributed by atoms with Crippen LogP contribution in [0.4, 0.5) is 11.4 Å². The average Bonchev–Trinajstić information content (AvgIpc) is 2.37. The summed E-state index contributed by atoms with van der Waals surface area (Å²) in [5.41, 5.74) is 6.11. The molecule has 0 saturated carbocycles. The van der Waals surface area contributed by atoms with Crippen LogP contribution in [0.3, 0.4) is 0 Å². The molecule has 0 spiro atoms. The molecule has 18 heavy (non-hydrogen) atoms. The molecule has 0 aliphatic heterocycles. The first-order valence-corrected chi connectivity index (χ1v) is 6.60. The first kappa shape index (κ1) is 13.0. The number of hydrogen-bond donors (Lipinski definition) is 0. The van der Waals surface area contributed by atoms with Gasteiger partial charge in [0.25, 0.3) is 0 Å². The Morgan fingerprint density at radius 2 is 1.44 bits per heavy atom. The summed E-state index contributed by atoms with van der Waals surface area (Å²) in [6.45, 7) is 4.25. The molecule has 0 aliphatic carbocycles. The van der Waals surface area contributed by atoms with Crippen molar-refractivity contribution in [2.45, 2.75) is 19.7 Å². The molecule has 0 aliphatic rings. The van der Waals surface area contributed by atoms with Gasteiger partial charge in [0.1, 0.15) is 0 Å². The Labute approximate surface area is 114 Å². The van der Waals surface area contributed by atoms with Gasteiger partial charge in [0, 0.05) is 24.3 Å². The minimum absolute atomic E-state index is 0.563. The van der Waals surface area contributed by atoms with E-state index in [1.165, 1.54) is 22.5 Å². The fourth-order valence-corrected chi connectivity index (χ4v) is 2.28. The van der Waals surface area contributed by atoms with Crippen LogP contribution in [-0.4, -0.2) is 7.05 Å². The van der Waals surface area contributed by atoms with Crippen LogP contribution in [0.5, 0.6) is 0 Å². The summed E-state index contributed by atoms with van der Waals surface area (Å²) in [4.78, 5) is 2.19.